The topological polar surface area (TPSA) is 93.3 Å². The number of aromatic nitrogens is 2. The van der Waals surface area contributed by atoms with E-state index in [9.17, 15) is 9.59 Å². The highest BCUT2D eigenvalue weighted by atomic mass is 16.5. The fourth-order valence-corrected chi connectivity index (χ4v) is 2.96. The predicted octanol–water partition coefficient (Wildman–Crippen LogP) is 4.03. The maximum atomic E-state index is 12.3. The van der Waals surface area contributed by atoms with Gasteiger partial charge in [-0.05, 0) is 54.6 Å². The van der Waals surface area contributed by atoms with Crippen molar-refractivity contribution in [1.82, 2.24) is 9.97 Å². The minimum Gasteiger partial charge on any atom is -0.497 e. The number of hydrogen-bond acceptors (Lipinski definition) is 5. The number of carbonyl (C=O) groups excluding carboxylic acids is 2. The fraction of sp³-hybridized carbons (Fsp3) is 0.0870. The first-order valence-electron chi connectivity index (χ1n) is 9.28. The fourth-order valence-electron chi connectivity index (χ4n) is 2.96. The molecule has 4 rings (SSSR count). The molecule has 7 heteroatoms. The number of methoxy groups -OCH3 is 1. The second-order valence-corrected chi connectivity index (χ2v) is 6.54. The Morgan fingerprint density at radius 1 is 1.00 bits per heavy atom. The van der Waals surface area contributed by atoms with Gasteiger partial charge in [0.05, 0.1) is 23.7 Å². The Morgan fingerprint density at radius 2 is 1.77 bits per heavy atom. The lowest BCUT2D eigenvalue weighted by molar-refractivity contribution is -0.119. The van der Waals surface area contributed by atoms with E-state index in [4.69, 9.17) is 9.47 Å². The monoisotopic (exact) mass is 401 g/mol. The third-order valence-corrected chi connectivity index (χ3v) is 4.47. The van der Waals surface area contributed by atoms with Crippen LogP contribution in [0.4, 0.5) is 5.69 Å². The van der Waals surface area contributed by atoms with Gasteiger partial charge >= 0.3 is 5.97 Å². The molecule has 0 aliphatic carbocycles. The van der Waals surface area contributed by atoms with Crippen molar-refractivity contribution in [3.8, 4) is 17.1 Å². The molecule has 3 aromatic carbocycles. The molecule has 0 spiro atoms. The van der Waals surface area contributed by atoms with Gasteiger partial charge in [0.1, 0.15) is 11.6 Å². The first kappa shape index (κ1) is 19.2. The van der Waals surface area contributed by atoms with Crippen LogP contribution in [0.3, 0.4) is 0 Å². The van der Waals surface area contributed by atoms with Gasteiger partial charge in [-0.15, -0.1) is 0 Å². The summed E-state index contributed by atoms with van der Waals surface area (Å²) in [7, 11) is 1.61. The molecule has 1 aromatic heterocycles. The maximum Gasteiger partial charge on any atom is 0.338 e. The van der Waals surface area contributed by atoms with Crippen molar-refractivity contribution in [2.75, 3.05) is 19.0 Å². The molecule has 150 valence electrons. The van der Waals surface area contributed by atoms with Crippen molar-refractivity contribution in [3.05, 3.63) is 78.4 Å². The molecule has 1 heterocycles. The number of hydrogen-bond donors (Lipinski definition) is 2. The second-order valence-electron chi connectivity index (χ2n) is 6.54. The number of ether oxygens (including phenoxy) is 2. The molecule has 0 saturated carbocycles. The number of benzene rings is 3. The lowest BCUT2D eigenvalue weighted by Crippen LogP contribution is -2.20. The molecular formula is C23H19N3O4. The molecule has 0 atom stereocenters. The minimum absolute atomic E-state index is 0.333. The van der Waals surface area contributed by atoms with Crippen LogP contribution in [0, 0.1) is 0 Å². The predicted molar refractivity (Wildman–Crippen MR) is 113 cm³/mol. The summed E-state index contributed by atoms with van der Waals surface area (Å²) in [6, 6.07) is 21.5. The molecule has 2 N–H and O–H groups in total. The van der Waals surface area contributed by atoms with Gasteiger partial charge in [-0.2, -0.15) is 0 Å². The summed E-state index contributed by atoms with van der Waals surface area (Å²) in [4.78, 5) is 32.0. The summed E-state index contributed by atoms with van der Waals surface area (Å²) < 4.78 is 10.3. The van der Waals surface area contributed by atoms with Crippen LogP contribution in [0.15, 0.2) is 72.8 Å². The number of anilines is 1. The Morgan fingerprint density at radius 3 is 2.50 bits per heavy atom. The van der Waals surface area contributed by atoms with Crippen LogP contribution in [-0.2, 0) is 9.53 Å². The molecule has 0 radical (unpaired) electrons. The Kier molecular flexibility index (Phi) is 5.43. The van der Waals surface area contributed by atoms with Crippen molar-refractivity contribution in [3.63, 3.8) is 0 Å². The van der Waals surface area contributed by atoms with E-state index in [-0.39, 0.29) is 6.61 Å². The van der Waals surface area contributed by atoms with Gasteiger partial charge in [0.2, 0.25) is 0 Å². The summed E-state index contributed by atoms with van der Waals surface area (Å²) in [6.45, 7) is -0.369. The first-order valence-corrected chi connectivity index (χ1v) is 9.28. The highest BCUT2D eigenvalue weighted by molar-refractivity contribution is 5.97. The van der Waals surface area contributed by atoms with Crippen molar-refractivity contribution < 1.29 is 19.1 Å². The maximum absolute atomic E-state index is 12.3. The lowest BCUT2D eigenvalue weighted by atomic mass is 10.2. The Balaban J connectivity index is 1.43. The number of nitrogens with one attached hydrogen (secondary N) is 2. The van der Waals surface area contributed by atoms with Crippen LogP contribution in [0.25, 0.3) is 22.4 Å². The van der Waals surface area contributed by atoms with Gasteiger partial charge in [-0.3, -0.25) is 4.79 Å². The minimum atomic E-state index is -0.583. The van der Waals surface area contributed by atoms with Gasteiger partial charge < -0.3 is 19.8 Å². The average Bonchev–Trinajstić information content (AvgIpc) is 3.21. The van der Waals surface area contributed by atoms with Gasteiger partial charge in [0.25, 0.3) is 5.91 Å². The molecule has 0 aliphatic heterocycles. The number of nitrogens with zero attached hydrogens (tertiary/aromatic N) is 1. The first-order chi connectivity index (χ1) is 14.6. The zero-order valence-corrected chi connectivity index (χ0v) is 16.2. The molecule has 7 nitrogen and oxygen atoms in total. The molecule has 30 heavy (non-hydrogen) atoms. The van der Waals surface area contributed by atoms with Crippen molar-refractivity contribution in [1.29, 1.82) is 0 Å². The number of H-pyrrole nitrogens is 1. The number of imidazole rings is 1. The van der Waals surface area contributed by atoms with Gasteiger partial charge in [-0.1, -0.05) is 18.2 Å². The number of fused-ring (bicyclic) bond motifs is 1. The third-order valence-electron chi connectivity index (χ3n) is 4.47. The van der Waals surface area contributed by atoms with E-state index in [2.05, 4.69) is 15.3 Å². The van der Waals surface area contributed by atoms with E-state index in [1.807, 2.05) is 30.3 Å². The van der Waals surface area contributed by atoms with Crippen LogP contribution in [0.5, 0.6) is 5.75 Å². The smallest absolute Gasteiger partial charge is 0.338 e. The van der Waals surface area contributed by atoms with Gasteiger partial charge in [0, 0.05) is 11.3 Å². The number of aromatic amines is 1. The molecular weight excluding hydrogens is 382 g/mol. The molecule has 1 amide bonds. The summed E-state index contributed by atoms with van der Waals surface area (Å²) in [5, 5.41) is 2.67. The molecule has 4 aromatic rings. The van der Waals surface area contributed by atoms with E-state index < -0.39 is 11.9 Å². The number of carbonyl (C=O) groups is 2. The summed E-state index contributed by atoms with van der Waals surface area (Å²) >= 11 is 0. The van der Waals surface area contributed by atoms with E-state index in [1.54, 1.807) is 49.6 Å². The van der Waals surface area contributed by atoms with Gasteiger partial charge in [-0.25, -0.2) is 9.78 Å². The quantitative estimate of drug-likeness (QED) is 0.476. The highest BCUT2D eigenvalue weighted by Crippen LogP contribution is 2.23. The summed E-state index contributed by atoms with van der Waals surface area (Å²) in [5.41, 5.74) is 3.29. The molecule has 0 saturated heterocycles. The largest absolute Gasteiger partial charge is 0.497 e. The zero-order valence-electron chi connectivity index (χ0n) is 16.2. The second kappa shape index (κ2) is 8.48. The van der Waals surface area contributed by atoms with E-state index in [0.29, 0.717) is 22.6 Å². The summed E-state index contributed by atoms with van der Waals surface area (Å²) in [5.74, 6) is 0.455. The van der Waals surface area contributed by atoms with Crippen LogP contribution < -0.4 is 10.1 Å². The molecule has 0 unspecified atom stereocenters. The highest BCUT2D eigenvalue weighted by Gasteiger charge is 2.13. The van der Waals surface area contributed by atoms with Crippen molar-refractivity contribution in [2.24, 2.45) is 0 Å². The van der Waals surface area contributed by atoms with Crippen LogP contribution in [-0.4, -0.2) is 35.6 Å². The Labute approximate surface area is 172 Å². The van der Waals surface area contributed by atoms with Crippen LogP contribution >= 0.6 is 0 Å². The van der Waals surface area contributed by atoms with Crippen LogP contribution in [0.2, 0.25) is 0 Å². The van der Waals surface area contributed by atoms with Gasteiger partial charge in [0.15, 0.2) is 6.61 Å². The van der Waals surface area contributed by atoms with Crippen molar-refractivity contribution in [2.45, 2.75) is 0 Å². The normalized spacial score (nSPS) is 10.6. The number of para-hydroxylation sites is 1. The number of rotatable bonds is 6. The Bertz CT molecular complexity index is 1180. The van der Waals surface area contributed by atoms with E-state index in [1.165, 1.54) is 0 Å². The van der Waals surface area contributed by atoms with E-state index in [0.717, 1.165) is 16.8 Å². The molecule has 0 bridgehead atoms. The lowest BCUT2D eigenvalue weighted by Gasteiger charge is -2.06. The SMILES string of the molecule is COc1ccc(-c2nc3ccc(C(=O)OCC(=O)Nc4ccccc4)cc3[nH]2)cc1. The molecule has 0 aliphatic rings. The number of amides is 1. The van der Waals surface area contributed by atoms with Crippen LogP contribution in [0.1, 0.15) is 10.4 Å². The van der Waals surface area contributed by atoms with Crippen molar-refractivity contribution >= 4 is 28.6 Å². The third kappa shape index (κ3) is 4.30. The zero-order chi connectivity index (χ0) is 20.9. The molecule has 0 fully saturated rings. The standard InChI is InChI=1S/C23H19N3O4/c1-29-18-10-7-15(8-11-18)22-25-19-12-9-16(13-20(19)26-22)23(28)30-14-21(27)24-17-5-3-2-4-6-17/h2-13H,14H2,1H3,(H,24,27)(H,25,26). The van der Waals surface area contributed by atoms with E-state index >= 15 is 0 Å². The summed E-state index contributed by atoms with van der Waals surface area (Å²) in [6.07, 6.45) is 0. The average molecular weight is 401 g/mol. The Hall–Kier alpha value is -4.13. The number of esters is 1.